The van der Waals surface area contributed by atoms with Crippen molar-refractivity contribution in [2.45, 2.75) is 0 Å². The smallest absolute Gasteiger partial charge is 0.270 e. The summed E-state index contributed by atoms with van der Waals surface area (Å²) in [6, 6.07) is 10.3. The summed E-state index contributed by atoms with van der Waals surface area (Å²) in [5, 5.41) is 13.3. The molecular weight excluding hydrogens is 274 g/mol. The molecule has 0 aliphatic rings. The summed E-state index contributed by atoms with van der Waals surface area (Å²) in [4.78, 5) is 22.2. The molecule has 0 heterocycles. The summed E-state index contributed by atoms with van der Waals surface area (Å²) in [5.41, 5.74) is 6.66. The number of nitro benzene ring substituents is 1. The molecule has 2 rings (SSSR count). The molecule has 0 aromatic heterocycles. The van der Waals surface area contributed by atoms with Gasteiger partial charge in [-0.3, -0.25) is 14.9 Å². The Balaban J connectivity index is 2.20. The molecule has 0 saturated carbocycles. The number of non-ortho nitro benzene ring substituents is 1. The third-order valence-electron chi connectivity index (χ3n) is 2.81. The summed E-state index contributed by atoms with van der Waals surface area (Å²) < 4.78 is 5.02. The van der Waals surface area contributed by atoms with Crippen LogP contribution in [-0.4, -0.2) is 17.9 Å². The van der Waals surface area contributed by atoms with Crippen molar-refractivity contribution in [2.24, 2.45) is 0 Å². The molecule has 0 spiro atoms. The van der Waals surface area contributed by atoms with Gasteiger partial charge in [-0.25, -0.2) is 0 Å². The van der Waals surface area contributed by atoms with Crippen LogP contribution in [0.2, 0.25) is 0 Å². The molecule has 21 heavy (non-hydrogen) atoms. The molecular formula is C14H13N3O4. The van der Waals surface area contributed by atoms with Crippen molar-refractivity contribution >= 4 is 23.0 Å². The number of nitrogens with zero attached hydrogens (tertiary/aromatic N) is 1. The average molecular weight is 287 g/mol. The van der Waals surface area contributed by atoms with E-state index in [4.69, 9.17) is 10.5 Å². The quantitative estimate of drug-likeness (QED) is 0.510. The Morgan fingerprint density at radius 1 is 1.29 bits per heavy atom. The number of methoxy groups -OCH3 is 1. The Morgan fingerprint density at radius 2 is 2.05 bits per heavy atom. The van der Waals surface area contributed by atoms with Crippen LogP contribution in [0.25, 0.3) is 0 Å². The van der Waals surface area contributed by atoms with Crippen LogP contribution in [0.5, 0.6) is 5.75 Å². The Kier molecular flexibility index (Phi) is 4.03. The SMILES string of the molecule is COc1ccc(NC(=O)c2cccc([N+](=O)[O-])c2)cc1N. The van der Waals surface area contributed by atoms with E-state index in [1.807, 2.05) is 0 Å². The molecule has 0 aliphatic heterocycles. The van der Waals surface area contributed by atoms with E-state index in [9.17, 15) is 14.9 Å². The third-order valence-corrected chi connectivity index (χ3v) is 2.81. The lowest BCUT2D eigenvalue weighted by molar-refractivity contribution is -0.384. The van der Waals surface area contributed by atoms with E-state index >= 15 is 0 Å². The molecule has 1 amide bonds. The van der Waals surface area contributed by atoms with Crippen molar-refractivity contribution < 1.29 is 14.5 Å². The van der Waals surface area contributed by atoms with Crippen LogP contribution in [0.15, 0.2) is 42.5 Å². The first-order valence-corrected chi connectivity index (χ1v) is 6.00. The van der Waals surface area contributed by atoms with Gasteiger partial charge in [0.25, 0.3) is 11.6 Å². The second kappa shape index (κ2) is 5.91. The number of hydrogen-bond acceptors (Lipinski definition) is 5. The van der Waals surface area contributed by atoms with E-state index in [-0.39, 0.29) is 11.3 Å². The summed E-state index contributed by atoms with van der Waals surface area (Å²) in [7, 11) is 1.49. The van der Waals surface area contributed by atoms with Crippen molar-refractivity contribution in [3.63, 3.8) is 0 Å². The summed E-state index contributed by atoms with van der Waals surface area (Å²) in [5.74, 6) is 0.0478. The predicted octanol–water partition coefficient (Wildman–Crippen LogP) is 2.44. The fraction of sp³-hybridized carbons (Fsp3) is 0.0714. The van der Waals surface area contributed by atoms with E-state index < -0.39 is 10.8 Å². The van der Waals surface area contributed by atoms with Gasteiger partial charge in [-0.1, -0.05) is 6.07 Å². The zero-order valence-electron chi connectivity index (χ0n) is 11.2. The highest BCUT2D eigenvalue weighted by molar-refractivity contribution is 6.04. The summed E-state index contributed by atoms with van der Waals surface area (Å²) >= 11 is 0. The van der Waals surface area contributed by atoms with Gasteiger partial charge in [0.2, 0.25) is 0 Å². The fourth-order valence-corrected chi connectivity index (χ4v) is 1.78. The molecule has 108 valence electrons. The van der Waals surface area contributed by atoms with Crippen LogP contribution in [0.1, 0.15) is 10.4 Å². The van der Waals surface area contributed by atoms with Crippen LogP contribution in [-0.2, 0) is 0 Å². The number of carbonyl (C=O) groups excluding carboxylic acids is 1. The lowest BCUT2D eigenvalue weighted by Gasteiger charge is -2.08. The molecule has 0 saturated heterocycles. The largest absolute Gasteiger partial charge is 0.495 e. The molecule has 0 fully saturated rings. The van der Waals surface area contributed by atoms with Crippen molar-refractivity contribution in [1.82, 2.24) is 0 Å². The van der Waals surface area contributed by atoms with Gasteiger partial charge in [0.1, 0.15) is 5.75 Å². The minimum absolute atomic E-state index is 0.142. The minimum atomic E-state index is -0.553. The van der Waals surface area contributed by atoms with Crippen molar-refractivity contribution in [3.8, 4) is 5.75 Å². The van der Waals surface area contributed by atoms with Gasteiger partial charge < -0.3 is 15.8 Å². The maximum atomic E-state index is 12.0. The molecule has 7 heteroatoms. The second-order valence-electron chi connectivity index (χ2n) is 4.22. The second-order valence-corrected chi connectivity index (χ2v) is 4.22. The number of rotatable bonds is 4. The lowest BCUT2D eigenvalue weighted by Crippen LogP contribution is -2.12. The van der Waals surface area contributed by atoms with Crippen LogP contribution < -0.4 is 15.8 Å². The monoisotopic (exact) mass is 287 g/mol. The molecule has 0 aliphatic carbocycles. The van der Waals surface area contributed by atoms with Gasteiger partial charge in [-0.2, -0.15) is 0 Å². The third kappa shape index (κ3) is 3.27. The van der Waals surface area contributed by atoms with Crippen LogP contribution in [0.3, 0.4) is 0 Å². The van der Waals surface area contributed by atoms with Gasteiger partial charge in [-0.15, -0.1) is 0 Å². The number of nitrogens with two attached hydrogens (primary N) is 1. The van der Waals surface area contributed by atoms with E-state index in [2.05, 4.69) is 5.32 Å². The minimum Gasteiger partial charge on any atom is -0.495 e. The number of benzene rings is 2. The number of anilines is 2. The average Bonchev–Trinajstić information content (AvgIpc) is 2.47. The van der Waals surface area contributed by atoms with E-state index in [1.54, 1.807) is 18.2 Å². The van der Waals surface area contributed by atoms with E-state index in [0.29, 0.717) is 17.1 Å². The van der Waals surface area contributed by atoms with Crippen molar-refractivity contribution in [3.05, 3.63) is 58.1 Å². The number of nitrogens with one attached hydrogen (secondary N) is 1. The Morgan fingerprint density at radius 3 is 2.67 bits per heavy atom. The molecule has 0 atom stereocenters. The fourth-order valence-electron chi connectivity index (χ4n) is 1.78. The number of hydrogen-bond donors (Lipinski definition) is 2. The van der Waals surface area contributed by atoms with Gasteiger partial charge in [0, 0.05) is 23.4 Å². The standard InChI is InChI=1S/C14H13N3O4/c1-21-13-6-5-10(8-12(13)15)16-14(18)9-3-2-4-11(7-9)17(19)20/h2-8H,15H2,1H3,(H,16,18). The normalized spacial score (nSPS) is 9.95. The summed E-state index contributed by atoms with van der Waals surface area (Å²) in [6.45, 7) is 0. The maximum absolute atomic E-state index is 12.0. The number of amides is 1. The molecule has 0 unspecified atom stereocenters. The summed E-state index contributed by atoms with van der Waals surface area (Å²) in [6.07, 6.45) is 0. The van der Waals surface area contributed by atoms with E-state index in [0.717, 1.165) is 0 Å². The highest BCUT2D eigenvalue weighted by Gasteiger charge is 2.12. The number of nitro groups is 1. The molecule has 0 radical (unpaired) electrons. The van der Waals surface area contributed by atoms with Gasteiger partial charge in [0.15, 0.2) is 0 Å². The molecule has 2 aromatic rings. The number of carbonyl (C=O) groups is 1. The highest BCUT2D eigenvalue weighted by atomic mass is 16.6. The first-order valence-electron chi connectivity index (χ1n) is 6.00. The van der Waals surface area contributed by atoms with Crippen LogP contribution in [0, 0.1) is 10.1 Å². The van der Waals surface area contributed by atoms with Crippen molar-refractivity contribution in [1.29, 1.82) is 0 Å². The topological polar surface area (TPSA) is 107 Å². The zero-order chi connectivity index (χ0) is 15.4. The van der Waals surface area contributed by atoms with Crippen LogP contribution >= 0.6 is 0 Å². The maximum Gasteiger partial charge on any atom is 0.270 e. The van der Waals surface area contributed by atoms with Gasteiger partial charge in [-0.05, 0) is 24.3 Å². The molecule has 0 bridgehead atoms. The first kappa shape index (κ1) is 14.3. The Labute approximate surface area is 120 Å². The zero-order valence-corrected chi connectivity index (χ0v) is 11.2. The highest BCUT2D eigenvalue weighted by Crippen LogP contribution is 2.25. The van der Waals surface area contributed by atoms with Crippen molar-refractivity contribution in [2.75, 3.05) is 18.2 Å². The number of nitrogen functional groups attached to an aromatic ring is 1. The molecule has 3 N–H and O–H groups in total. The molecule has 2 aromatic carbocycles. The first-order chi connectivity index (χ1) is 10.0. The predicted molar refractivity (Wildman–Crippen MR) is 78.5 cm³/mol. The van der Waals surface area contributed by atoms with E-state index in [1.165, 1.54) is 31.4 Å². The molecule has 7 nitrogen and oxygen atoms in total. The lowest BCUT2D eigenvalue weighted by atomic mass is 10.2. The van der Waals surface area contributed by atoms with Gasteiger partial charge in [0.05, 0.1) is 17.7 Å². The Hall–Kier alpha value is -3.09. The number of ether oxygens (including phenoxy) is 1. The Bertz CT molecular complexity index is 700. The van der Waals surface area contributed by atoms with Crippen LogP contribution in [0.4, 0.5) is 17.1 Å². The van der Waals surface area contributed by atoms with Gasteiger partial charge >= 0.3 is 0 Å².